The molecule has 0 saturated carbocycles. The molecular weight excluding hydrogens is 316 g/mol. The van der Waals surface area contributed by atoms with E-state index in [1.54, 1.807) is 4.68 Å². The number of ether oxygens (including phenoxy) is 1. The molecule has 0 N–H and O–H groups in total. The smallest absolute Gasteiger partial charge is 0.308 e. The van der Waals surface area contributed by atoms with Gasteiger partial charge in [0.1, 0.15) is 0 Å². The number of rotatable bonds is 6. The number of hydrogen-bond acceptors (Lipinski definition) is 7. The Bertz CT molecular complexity index is 792. The predicted octanol–water partition coefficient (Wildman–Crippen LogP) is 2.74. The third-order valence-electron chi connectivity index (χ3n) is 3.20. The number of hydrogen-bond donors (Lipinski definition) is 0. The third-order valence-corrected chi connectivity index (χ3v) is 4.06. The van der Waals surface area contributed by atoms with Crippen molar-refractivity contribution in [2.24, 2.45) is 0 Å². The van der Waals surface area contributed by atoms with Crippen LogP contribution < -0.4 is 0 Å². The molecule has 3 heterocycles. The second-order valence-corrected chi connectivity index (χ2v) is 6.00. The van der Waals surface area contributed by atoms with Crippen molar-refractivity contribution >= 4 is 17.3 Å². The summed E-state index contributed by atoms with van der Waals surface area (Å²) in [5.41, 5.74) is 1.95. The van der Waals surface area contributed by atoms with E-state index in [1.807, 2.05) is 37.4 Å². The van der Waals surface area contributed by atoms with E-state index >= 15 is 0 Å². The molecule has 0 unspecified atom stereocenters. The topological polar surface area (TPSA) is 83.0 Å². The van der Waals surface area contributed by atoms with Crippen molar-refractivity contribution in [3.05, 3.63) is 40.9 Å². The number of thiophene rings is 1. The summed E-state index contributed by atoms with van der Waals surface area (Å²) in [6.45, 7) is 4.34. The monoisotopic (exact) mass is 332 g/mol. The lowest BCUT2D eigenvalue weighted by Crippen LogP contribution is -2.11. The second kappa shape index (κ2) is 6.74. The zero-order chi connectivity index (χ0) is 16.2. The minimum absolute atomic E-state index is 0.0195. The van der Waals surface area contributed by atoms with Gasteiger partial charge in [0.25, 0.3) is 5.89 Å². The number of carbonyl (C=O) groups excluding carboxylic acids is 1. The van der Waals surface area contributed by atoms with Gasteiger partial charge in [0.15, 0.2) is 6.61 Å². The summed E-state index contributed by atoms with van der Waals surface area (Å²) >= 11 is 1.52. The summed E-state index contributed by atoms with van der Waals surface area (Å²) in [7, 11) is 0. The van der Waals surface area contributed by atoms with Gasteiger partial charge in [-0.3, -0.25) is 9.48 Å². The Morgan fingerprint density at radius 1 is 1.43 bits per heavy atom. The Morgan fingerprint density at radius 3 is 3.00 bits per heavy atom. The number of aryl methyl sites for hydroxylation is 3. The summed E-state index contributed by atoms with van der Waals surface area (Å²) in [6.07, 6.45) is 0.244. The largest absolute Gasteiger partial charge is 0.455 e. The number of esters is 1. The van der Waals surface area contributed by atoms with Crippen LogP contribution in [0.2, 0.25) is 0 Å². The zero-order valence-electron chi connectivity index (χ0n) is 12.9. The van der Waals surface area contributed by atoms with E-state index in [1.165, 1.54) is 11.3 Å². The van der Waals surface area contributed by atoms with E-state index in [4.69, 9.17) is 9.26 Å². The first-order valence-electron chi connectivity index (χ1n) is 7.15. The van der Waals surface area contributed by atoms with Crippen LogP contribution in [0.15, 0.2) is 28.1 Å². The Morgan fingerprint density at radius 2 is 2.30 bits per heavy atom. The minimum atomic E-state index is -0.326. The average molecular weight is 332 g/mol. The molecule has 0 amide bonds. The van der Waals surface area contributed by atoms with Crippen LogP contribution in [0.5, 0.6) is 0 Å². The summed E-state index contributed by atoms with van der Waals surface area (Å²) < 4.78 is 12.0. The summed E-state index contributed by atoms with van der Waals surface area (Å²) in [4.78, 5) is 16.9. The first kappa shape index (κ1) is 15.4. The fourth-order valence-electron chi connectivity index (χ4n) is 2.13. The molecule has 0 atom stereocenters. The zero-order valence-corrected chi connectivity index (χ0v) is 13.7. The van der Waals surface area contributed by atoms with E-state index in [0.717, 1.165) is 16.3 Å². The van der Waals surface area contributed by atoms with Crippen molar-refractivity contribution in [1.82, 2.24) is 19.9 Å². The third kappa shape index (κ3) is 3.84. The van der Waals surface area contributed by atoms with Crippen LogP contribution in [0.4, 0.5) is 0 Å². The van der Waals surface area contributed by atoms with Gasteiger partial charge in [-0.1, -0.05) is 11.2 Å². The quantitative estimate of drug-likeness (QED) is 0.645. The minimum Gasteiger partial charge on any atom is -0.455 e. The Balaban J connectivity index is 1.48. The van der Waals surface area contributed by atoms with E-state index in [9.17, 15) is 4.79 Å². The molecule has 0 saturated heterocycles. The van der Waals surface area contributed by atoms with Crippen LogP contribution in [0.3, 0.4) is 0 Å². The molecule has 0 radical (unpaired) electrons. The van der Waals surface area contributed by atoms with Crippen LogP contribution in [0.25, 0.3) is 10.7 Å². The summed E-state index contributed by atoms with van der Waals surface area (Å²) in [5.74, 6) is 0.468. The van der Waals surface area contributed by atoms with Gasteiger partial charge in [0.2, 0.25) is 5.82 Å². The highest BCUT2D eigenvalue weighted by Gasteiger charge is 2.12. The molecule has 3 aromatic rings. The SMILES string of the molecule is Cc1cc(C)n(CCC(=O)OCc2nc(-c3cccs3)no2)n1. The molecule has 0 aliphatic carbocycles. The van der Waals surface area contributed by atoms with Crippen molar-refractivity contribution in [3.8, 4) is 10.7 Å². The van der Waals surface area contributed by atoms with Gasteiger partial charge < -0.3 is 9.26 Å². The molecule has 3 rings (SSSR count). The maximum Gasteiger partial charge on any atom is 0.308 e. The molecule has 0 spiro atoms. The van der Waals surface area contributed by atoms with Crippen molar-refractivity contribution in [2.75, 3.05) is 0 Å². The highest BCUT2D eigenvalue weighted by molar-refractivity contribution is 7.13. The molecule has 0 aliphatic rings. The molecule has 7 nitrogen and oxygen atoms in total. The highest BCUT2D eigenvalue weighted by Crippen LogP contribution is 2.21. The highest BCUT2D eigenvalue weighted by atomic mass is 32.1. The molecule has 23 heavy (non-hydrogen) atoms. The molecule has 120 valence electrons. The van der Waals surface area contributed by atoms with Crippen LogP contribution in [0.1, 0.15) is 23.7 Å². The lowest BCUT2D eigenvalue weighted by atomic mass is 10.4. The Labute approximate surface area is 136 Å². The van der Waals surface area contributed by atoms with Gasteiger partial charge in [-0.15, -0.1) is 11.3 Å². The van der Waals surface area contributed by atoms with E-state index in [-0.39, 0.29) is 24.9 Å². The van der Waals surface area contributed by atoms with Crippen molar-refractivity contribution in [2.45, 2.75) is 33.4 Å². The van der Waals surface area contributed by atoms with Crippen molar-refractivity contribution < 1.29 is 14.1 Å². The number of nitrogens with zero attached hydrogens (tertiary/aromatic N) is 4. The Hall–Kier alpha value is -2.48. The lowest BCUT2D eigenvalue weighted by Gasteiger charge is -2.04. The van der Waals surface area contributed by atoms with Crippen LogP contribution in [0, 0.1) is 13.8 Å². The van der Waals surface area contributed by atoms with Gasteiger partial charge in [-0.25, -0.2) is 0 Å². The standard InChI is InChI=1S/C15H16N4O3S/c1-10-8-11(2)19(17-10)6-5-14(20)21-9-13-16-15(18-22-13)12-4-3-7-23-12/h3-4,7-8H,5-6,9H2,1-2H3. The second-order valence-electron chi connectivity index (χ2n) is 5.05. The normalized spacial score (nSPS) is 10.9. The maximum atomic E-state index is 11.8. The summed E-state index contributed by atoms with van der Waals surface area (Å²) in [5, 5.41) is 10.1. The van der Waals surface area contributed by atoms with Crippen LogP contribution in [-0.2, 0) is 22.7 Å². The van der Waals surface area contributed by atoms with E-state index < -0.39 is 0 Å². The van der Waals surface area contributed by atoms with Gasteiger partial charge in [0, 0.05) is 5.69 Å². The lowest BCUT2D eigenvalue weighted by molar-refractivity contribution is -0.146. The van der Waals surface area contributed by atoms with E-state index in [2.05, 4.69) is 15.2 Å². The van der Waals surface area contributed by atoms with Crippen molar-refractivity contribution in [1.29, 1.82) is 0 Å². The average Bonchev–Trinajstić information content (AvgIpc) is 3.24. The molecule has 0 fully saturated rings. The van der Waals surface area contributed by atoms with Crippen LogP contribution in [-0.4, -0.2) is 25.9 Å². The number of carbonyl (C=O) groups is 1. The molecule has 0 bridgehead atoms. The molecular formula is C15H16N4O3S. The molecule has 3 aromatic heterocycles. The van der Waals surface area contributed by atoms with E-state index in [0.29, 0.717) is 12.4 Å². The van der Waals surface area contributed by atoms with Gasteiger partial charge in [-0.2, -0.15) is 10.1 Å². The molecule has 0 aliphatic heterocycles. The van der Waals surface area contributed by atoms with Crippen LogP contribution >= 0.6 is 11.3 Å². The first-order chi connectivity index (χ1) is 11.1. The fourth-order valence-corrected chi connectivity index (χ4v) is 2.78. The van der Waals surface area contributed by atoms with Crippen molar-refractivity contribution in [3.63, 3.8) is 0 Å². The van der Waals surface area contributed by atoms with Gasteiger partial charge in [-0.05, 0) is 31.4 Å². The first-order valence-corrected chi connectivity index (χ1v) is 8.03. The van der Waals surface area contributed by atoms with Gasteiger partial charge in [0.05, 0.1) is 23.5 Å². The molecule has 0 aromatic carbocycles. The fraction of sp³-hybridized carbons (Fsp3) is 0.333. The van der Waals surface area contributed by atoms with Gasteiger partial charge >= 0.3 is 5.97 Å². The molecule has 8 heteroatoms. The summed E-state index contributed by atoms with van der Waals surface area (Å²) in [6, 6.07) is 5.78. The maximum absolute atomic E-state index is 11.8. The number of aromatic nitrogens is 4. The Kier molecular flexibility index (Phi) is 4.52. The predicted molar refractivity (Wildman–Crippen MR) is 83.7 cm³/mol.